The predicted octanol–water partition coefficient (Wildman–Crippen LogP) is 6.99. The molecule has 6 atom stereocenters. The molecule has 48 heavy (non-hydrogen) atoms. The van der Waals surface area contributed by atoms with Crippen molar-refractivity contribution in [3.8, 4) is 0 Å². The molecule has 0 amide bonds. The van der Waals surface area contributed by atoms with Crippen molar-refractivity contribution in [1.29, 1.82) is 0 Å². The zero-order valence-electron chi connectivity index (χ0n) is 27.2. The first-order valence-electron chi connectivity index (χ1n) is 16.7. The molecule has 248 valence electrons. The SMILES string of the molecule is CC1=C2[C@@H](CO[C@]23O[C@H](COCc2ccccc2)[C@@H](OCc2ccccc2)[C@H](OCc2ccccc2)[C@H]3OCc2ccccc2)CC1=O. The average Bonchev–Trinajstić information content (AvgIpc) is 3.63. The Morgan fingerprint density at radius 1 is 0.646 bits per heavy atom. The van der Waals surface area contributed by atoms with Crippen LogP contribution in [0.4, 0.5) is 0 Å². The summed E-state index contributed by atoms with van der Waals surface area (Å²) in [4.78, 5) is 13.1. The molecule has 4 aromatic rings. The van der Waals surface area contributed by atoms with Gasteiger partial charge >= 0.3 is 0 Å². The summed E-state index contributed by atoms with van der Waals surface area (Å²) in [5.74, 6) is -1.31. The Balaban J connectivity index is 1.27. The monoisotopic (exact) mass is 646 g/mol. The van der Waals surface area contributed by atoms with Gasteiger partial charge in [0, 0.05) is 17.9 Å². The standard InChI is InChI=1S/C41H42O7/c1-29-35(42)22-34-27-47-41(37(29)34)40(46-26-33-20-12-5-13-21-33)39(45-25-32-18-10-4-11-19-32)38(44-24-31-16-8-3-9-17-31)36(48-41)28-43-23-30-14-6-2-7-15-30/h2-21,34,36,38-40H,22-28H2,1H3/t34-,36-,38-,39+,40-,41+/m1/s1. The number of rotatable bonds is 13. The van der Waals surface area contributed by atoms with Gasteiger partial charge in [0.2, 0.25) is 5.79 Å². The number of hydrogen-bond donors (Lipinski definition) is 0. The molecule has 0 aromatic heterocycles. The molecule has 3 aliphatic rings. The Bertz CT molecular complexity index is 1660. The van der Waals surface area contributed by atoms with Crippen LogP contribution in [0.25, 0.3) is 0 Å². The Kier molecular flexibility index (Phi) is 10.2. The fourth-order valence-corrected chi connectivity index (χ4v) is 7.10. The van der Waals surface area contributed by atoms with Gasteiger partial charge in [-0.25, -0.2) is 0 Å². The Hall–Kier alpha value is -3.95. The maximum atomic E-state index is 13.1. The van der Waals surface area contributed by atoms with Gasteiger partial charge < -0.3 is 28.4 Å². The van der Waals surface area contributed by atoms with Gasteiger partial charge in [0.05, 0.1) is 39.6 Å². The van der Waals surface area contributed by atoms with Crippen molar-refractivity contribution in [2.75, 3.05) is 13.2 Å². The summed E-state index contributed by atoms with van der Waals surface area (Å²) in [6.07, 6.45) is -2.16. The number of hydrogen-bond acceptors (Lipinski definition) is 7. The predicted molar refractivity (Wildman–Crippen MR) is 181 cm³/mol. The van der Waals surface area contributed by atoms with Gasteiger partial charge in [-0.2, -0.15) is 0 Å². The molecule has 7 rings (SSSR count). The van der Waals surface area contributed by atoms with Crippen molar-refractivity contribution < 1.29 is 33.2 Å². The molecule has 1 aliphatic carbocycles. The maximum Gasteiger partial charge on any atom is 0.222 e. The van der Waals surface area contributed by atoms with Crippen molar-refractivity contribution >= 4 is 5.78 Å². The van der Waals surface area contributed by atoms with E-state index in [0.717, 1.165) is 27.8 Å². The van der Waals surface area contributed by atoms with E-state index < -0.39 is 30.2 Å². The summed E-state index contributed by atoms with van der Waals surface area (Å²) >= 11 is 0. The number of carbonyl (C=O) groups excluding carboxylic acids is 1. The van der Waals surface area contributed by atoms with Crippen LogP contribution in [-0.2, 0) is 59.6 Å². The van der Waals surface area contributed by atoms with Crippen molar-refractivity contribution in [2.24, 2.45) is 5.92 Å². The Morgan fingerprint density at radius 2 is 1.12 bits per heavy atom. The summed E-state index contributed by atoms with van der Waals surface area (Å²) in [5.41, 5.74) is 5.65. The molecule has 0 unspecified atom stereocenters. The van der Waals surface area contributed by atoms with Crippen molar-refractivity contribution in [3.05, 3.63) is 155 Å². The van der Waals surface area contributed by atoms with Crippen molar-refractivity contribution in [2.45, 2.75) is 70.0 Å². The summed E-state index contributed by atoms with van der Waals surface area (Å²) in [6.45, 7) is 3.85. The minimum atomic E-state index is -1.34. The van der Waals surface area contributed by atoms with Crippen LogP contribution in [0.3, 0.4) is 0 Å². The van der Waals surface area contributed by atoms with E-state index in [1.807, 2.05) is 128 Å². The average molecular weight is 647 g/mol. The van der Waals surface area contributed by atoms with Gasteiger partial charge in [0.15, 0.2) is 5.78 Å². The van der Waals surface area contributed by atoms with E-state index in [2.05, 4.69) is 0 Å². The molecule has 7 heteroatoms. The van der Waals surface area contributed by atoms with Gasteiger partial charge in [-0.1, -0.05) is 121 Å². The highest BCUT2D eigenvalue weighted by Gasteiger charge is 2.65. The number of fused-ring (bicyclic) bond motifs is 2. The van der Waals surface area contributed by atoms with E-state index in [4.69, 9.17) is 28.4 Å². The van der Waals surface area contributed by atoms with E-state index in [1.165, 1.54) is 0 Å². The highest BCUT2D eigenvalue weighted by atomic mass is 16.7. The molecule has 1 spiro atoms. The molecule has 2 fully saturated rings. The fourth-order valence-electron chi connectivity index (χ4n) is 7.10. The van der Waals surface area contributed by atoms with Crippen LogP contribution in [0, 0.1) is 5.92 Å². The number of Topliss-reactive ketones (excluding diaryl/α,β-unsaturated/α-hetero) is 1. The lowest BCUT2D eigenvalue weighted by atomic mass is 9.84. The fraction of sp³-hybridized carbons (Fsp3) is 0.341. The molecular weight excluding hydrogens is 604 g/mol. The number of ether oxygens (including phenoxy) is 6. The molecule has 7 nitrogen and oxygen atoms in total. The second kappa shape index (κ2) is 15.1. The molecule has 0 radical (unpaired) electrons. The van der Waals surface area contributed by atoms with E-state index in [-0.39, 0.29) is 18.3 Å². The Labute approximate surface area is 282 Å². The van der Waals surface area contributed by atoms with E-state index in [0.29, 0.717) is 45.0 Å². The zero-order valence-corrected chi connectivity index (χ0v) is 27.2. The number of benzene rings is 4. The molecular formula is C41H42O7. The molecule has 0 bridgehead atoms. The second-order valence-corrected chi connectivity index (χ2v) is 12.7. The lowest BCUT2D eigenvalue weighted by Crippen LogP contribution is -2.67. The lowest BCUT2D eigenvalue weighted by molar-refractivity contribution is -0.358. The quantitative estimate of drug-likeness (QED) is 0.155. The third-order valence-corrected chi connectivity index (χ3v) is 9.46. The Morgan fingerprint density at radius 3 is 1.67 bits per heavy atom. The summed E-state index contributed by atoms with van der Waals surface area (Å²) < 4.78 is 40.7. The van der Waals surface area contributed by atoms with Gasteiger partial charge in [0.1, 0.15) is 24.4 Å². The van der Waals surface area contributed by atoms with Crippen LogP contribution >= 0.6 is 0 Å². The molecule has 2 saturated heterocycles. The topological polar surface area (TPSA) is 72.5 Å². The summed E-state index contributed by atoms with van der Waals surface area (Å²) in [6, 6.07) is 40.2. The zero-order chi connectivity index (χ0) is 32.8. The molecule has 0 N–H and O–H groups in total. The number of allylic oxidation sites excluding steroid dienone is 1. The largest absolute Gasteiger partial charge is 0.374 e. The van der Waals surface area contributed by atoms with Crippen molar-refractivity contribution in [3.63, 3.8) is 0 Å². The molecule has 2 heterocycles. The van der Waals surface area contributed by atoms with Crippen LogP contribution in [0.1, 0.15) is 35.6 Å². The van der Waals surface area contributed by atoms with Gasteiger partial charge in [-0.05, 0) is 34.8 Å². The third-order valence-electron chi connectivity index (χ3n) is 9.46. The number of carbonyl (C=O) groups is 1. The van der Waals surface area contributed by atoms with Gasteiger partial charge in [-0.15, -0.1) is 0 Å². The summed E-state index contributed by atoms with van der Waals surface area (Å²) in [5, 5.41) is 0. The molecule has 0 saturated carbocycles. The maximum absolute atomic E-state index is 13.1. The first kappa shape index (κ1) is 32.6. The number of ketones is 1. The lowest BCUT2D eigenvalue weighted by Gasteiger charge is -2.51. The van der Waals surface area contributed by atoms with Crippen LogP contribution in [0.2, 0.25) is 0 Å². The van der Waals surface area contributed by atoms with Crippen LogP contribution in [-0.4, -0.2) is 49.2 Å². The minimum absolute atomic E-state index is 0.0808. The van der Waals surface area contributed by atoms with Crippen molar-refractivity contribution in [1.82, 2.24) is 0 Å². The van der Waals surface area contributed by atoms with E-state index >= 15 is 0 Å². The highest BCUT2D eigenvalue weighted by Crippen LogP contribution is 2.52. The second-order valence-electron chi connectivity index (χ2n) is 12.7. The summed E-state index contributed by atoms with van der Waals surface area (Å²) in [7, 11) is 0. The first-order valence-corrected chi connectivity index (χ1v) is 16.7. The highest BCUT2D eigenvalue weighted by molar-refractivity contribution is 5.99. The normalized spacial score (nSPS) is 26.7. The van der Waals surface area contributed by atoms with E-state index in [9.17, 15) is 4.79 Å². The van der Waals surface area contributed by atoms with Crippen LogP contribution < -0.4 is 0 Å². The van der Waals surface area contributed by atoms with Crippen LogP contribution in [0.5, 0.6) is 0 Å². The third kappa shape index (κ3) is 7.08. The van der Waals surface area contributed by atoms with Crippen LogP contribution in [0.15, 0.2) is 132 Å². The smallest absolute Gasteiger partial charge is 0.222 e. The van der Waals surface area contributed by atoms with Gasteiger partial charge in [-0.3, -0.25) is 4.79 Å². The first-order chi connectivity index (χ1) is 23.6. The molecule has 2 aliphatic heterocycles. The molecule has 4 aromatic carbocycles. The minimum Gasteiger partial charge on any atom is -0.374 e. The van der Waals surface area contributed by atoms with Gasteiger partial charge in [0.25, 0.3) is 0 Å². The van der Waals surface area contributed by atoms with E-state index in [1.54, 1.807) is 0 Å².